The van der Waals surface area contributed by atoms with Gasteiger partial charge in [-0.2, -0.15) is 0 Å². The summed E-state index contributed by atoms with van der Waals surface area (Å²) in [5.41, 5.74) is 0.842. The lowest BCUT2D eigenvalue weighted by atomic mass is 9.89. The molecule has 1 aliphatic rings. The number of hydrogen-bond donors (Lipinski definition) is 1. The molecule has 1 N–H and O–H groups in total. The predicted molar refractivity (Wildman–Crippen MR) is 101 cm³/mol. The van der Waals surface area contributed by atoms with Crippen LogP contribution in [0, 0.1) is 12.3 Å². The third-order valence-corrected chi connectivity index (χ3v) is 6.68. The maximum atomic E-state index is 13.0. The highest BCUT2D eigenvalue weighted by atomic mass is 32.2. The summed E-state index contributed by atoms with van der Waals surface area (Å²) < 4.78 is 23.5. The molecule has 1 aromatic carbocycles. The van der Waals surface area contributed by atoms with Crippen molar-refractivity contribution < 1.29 is 18.0 Å². The third kappa shape index (κ3) is 4.63. The van der Waals surface area contributed by atoms with Crippen molar-refractivity contribution >= 4 is 21.7 Å². The Morgan fingerprint density at radius 1 is 1.23 bits per heavy atom. The number of amides is 2. The van der Waals surface area contributed by atoms with Gasteiger partial charge in [-0.15, -0.1) is 0 Å². The van der Waals surface area contributed by atoms with Gasteiger partial charge in [-0.25, -0.2) is 8.42 Å². The van der Waals surface area contributed by atoms with Gasteiger partial charge in [0.25, 0.3) is 0 Å². The smallest absolute Gasteiger partial charge is 0.237 e. The summed E-state index contributed by atoms with van der Waals surface area (Å²) in [5.74, 6) is -0.610. The minimum absolute atomic E-state index is 0.0202. The highest BCUT2D eigenvalue weighted by Crippen LogP contribution is 2.25. The first kappa shape index (κ1) is 20.4. The van der Waals surface area contributed by atoms with Crippen molar-refractivity contribution in [1.82, 2.24) is 10.2 Å². The van der Waals surface area contributed by atoms with Gasteiger partial charge in [0.2, 0.25) is 11.8 Å². The Balaban J connectivity index is 2.04. The van der Waals surface area contributed by atoms with Crippen molar-refractivity contribution in [2.75, 3.05) is 18.1 Å². The number of hydrogen-bond acceptors (Lipinski definition) is 4. The zero-order valence-electron chi connectivity index (χ0n) is 15.9. The van der Waals surface area contributed by atoms with Crippen LogP contribution in [0.25, 0.3) is 0 Å². The minimum atomic E-state index is -3.09. The van der Waals surface area contributed by atoms with Crippen LogP contribution in [0.4, 0.5) is 0 Å². The number of rotatable bonds is 6. The fraction of sp³-hybridized carbons (Fsp3) is 0.579. The summed E-state index contributed by atoms with van der Waals surface area (Å²) >= 11 is 0. The Bertz CT molecular complexity index is 769. The molecule has 1 atom stereocenters. The van der Waals surface area contributed by atoms with Crippen LogP contribution in [0.15, 0.2) is 24.3 Å². The summed E-state index contributed by atoms with van der Waals surface area (Å²) in [6.45, 7) is 7.71. The van der Waals surface area contributed by atoms with Crippen LogP contribution >= 0.6 is 0 Å². The molecule has 0 bridgehead atoms. The first-order chi connectivity index (χ1) is 12.1. The van der Waals surface area contributed by atoms with E-state index in [0.717, 1.165) is 11.1 Å². The lowest BCUT2D eigenvalue weighted by Gasteiger charge is -2.34. The van der Waals surface area contributed by atoms with Gasteiger partial charge in [-0.3, -0.25) is 9.59 Å². The Kier molecular flexibility index (Phi) is 6.11. The molecular weight excluding hydrogens is 352 g/mol. The van der Waals surface area contributed by atoms with Crippen molar-refractivity contribution in [3.63, 3.8) is 0 Å². The van der Waals surface area contributed by atoms with Gasteiger partial charge in [0.15, 0.2) is 9.84 Å². The zero-order chi connectivity index (χ0) is 19.5. The first-order valence-electron chi connectivity index (χ1n) is 8.92. The second-order valence-corrected chi connectivity index (χ2v) is 9.67. The second kappa shape index (κ2) is 7.78. The van der Waals surface area contributed by atoms with Gasteiger partial charge in [-0.05, 0) is 39.7 Å². The Morgan fingerprint density at radius 2 is 1.85 bits per heavy atom. The molecule has 26 heavy (non-hydrogen) atoms. The Labute approximate surface area is 155 Å². The number of benzene rings is 1. The number of sulfone groups is 1. The zero-order valence-corrected chi connectivity index (χ0v) is 16.7. The summed E-state index contributed by atoms with van der Waals surface area (Å²) in [4.78, 5) is 27.1. The van der Waals surface area contributed by atoms with E-state index < -0.39 is 15.3 Å². The van der Waals surface area contributed by atoms with Gasteiger partial charge >= 0.3 is 0 Å². The fourth-order valence-electron chi connectivity index (χ4n) is 3.15. The molecule has 0 aromatic heterocycles. The number of aryl methyl sites for hydroxylation is 1. The topological polar surface area (TPSA) is 83.6 Å². The molecule has 1 aliphatic heterocycles. The van der Waals surface area contributed by atoms with E-state index in [1.807, 2.05) is 38.1 Å². The van der Waals surface area contributed by atoms with Crippen LogP contribution in [-0.2, 0) is 26.0 Å². The number of nitrogens with one attached hydrogen (secondary N) is 1. The maximum absolute atomic E-state index is 13.0. The molecule has 1 saturated heterocycles. The van der Waals surface area contributed by atoms with Crippen LogP contribution < -0.4 is 5.32 Å². The lowest BCUT2D eigenvalue weighted by molar-refractivity contribution is -0.149. The number of carbonyl (C=O) groups excluding carboxylic acids is 2. The molecule has 1 aromatic rings. The van der Waals surface area contributed by atoms with E-state index >= 15 is 0 Å². The highest BCUT2D eigenvalue weighted by molar-refractivity contribution is 7.91. The Hall–Kier alpha value is -1.89. The maximum Gasteiger partial charge on any atom is 0.237 e. The third-order valence-electron chi connectivity index (χ3n) is 4.93. The van der Waals surface area contributed by atoms with Gasteiger partial charge in [0.05, 0.1) is 11.5 Å². The summed E-state index contributed by atoms with van der Waals surface area (Å²) in [6.07, 6.45) is 0.434. The summed E-state index contributed by atoms with van der Waals surface area (Å²) in [5, 5.41) is 2.82. The van der Waals surface area contributed by atoms with Crippen molar-refractivity contribution in [2.45, 2.75) is 46.7 Å². The predicted octanol–water partition coefficient (Wildman–Crippen LogP) is 1.67. The van der Waals surface area contributed by atoms with E-state index in [-0.39, 0.29) is 29.4 Å². The van der Waals surface area contributed by atoms with Gasteiger partial charge in [0, 0.05) is 19.1 Å². The molecule has 0 aliphatic carbocycles. The standard InChI is InChI=1S/C19H28N2O4S/c1-5-21(16-10-11-26(24,25)13-16)18(23)19(3,4)17(22)20-12-15-8-6-14(2)7-9-15/h6-9,16H,5,10-13H2,1-4H3,(H,20,22). The van der Waals surface area contributed by atoms with E-state index in [1.165, 1.54) is 4.90 Å². The van der Waals surface area contributed by atoms with E-state index in [9.17, 15) is 18.0 Å². The highest BCUT2D eigenvalue weighted by Gasteiger charge is 2.43. The molecule has 2 amide bonds. The van der Waals surface area contributed by atoms with E-state index in [1.54, 1.807) is 13.8 Å². The summed E-state index contributed by atoms with van der Waals surface area (Å²) in [7, 11) is -3.09. The first-order valence-corrected chi connectivity index (χ1v) is 10.7. The van der Waals surface area contributed by atoms with E-state index in [2.05, 4.69) is 5.32 Å². The lowest BCUT2D eigenvalue weighted by Crippen LogP contribution is -2.52. The molecule has 6 nitrogen and oxygen atoms in total. The molecule has 1 heterocycles. The molecule has 144 valence electrons. The average molecular weight is 381 g/mol. The normalized spacial score (nSPS) is 19.2. The Morgan fingerprint density at radius 3 is 2.35 bits per heavy atom. The van der Waals surface area contributed by atoms with Crippen LogP contribution in [0.2, 0.25) is 0 Å². The van der Waals surface area contributed by atoms with Crippen LogP contribution in [0.1, 0.15) is 38.3 Å². The monoisotopic (exact) mass is 380 g/mol. The van der Waals surface area contributed by atoms with E-state index in [4.69, 9.17) is 0 Å². The summed E-state index contributed by atoms with van der Waals surface area (Å²) in [6, 6.07) is 7.47. The van der Waals surface area contributed by atoms with Crippen molar-refractivity contribution in [2.24, 2.45) is 5.41 Å². The molecular formula is C19H28N2O4S. The quantitative estimate of drug-likeness (QED) is 0.761. The molecule has 0 saturated carbocycles. The molecule has 7 heteroatoms. The molecule has 0 radical (unpaired) electrons. The van der Waals surface area contributed by atoms with Gasteiger partial charge in [-0.1, -0.05) is 29.8 Å². The number of carbonyl (C=O) groups is 2. The molecule has 0 spiro atoms. The van der Waals surface area contributed by atoms with Crippen molar-refractivity contribution in [3.8, 4) is 0 Å². The van der Waals surface area contributed by atoms with Crippen LogP contribution in [0.3, 0.4) is 0 Å². The van der Waals surface area contributed by atoms with Gasteiger partial charge in [0.1, 0.15) is 5.41 Å². The van der Waals surface area contributed by atoms with Crippen LogP contribution in [0.5, 0.6) is 0 Å². The number of nitrogens with zero attached hydrogens (tertiary/aromatic N) is 1. The molecule has 1 fully saturated rings. The second-order valence-electron chi connectivity index (χ2n) is 7.44. The average Bonchev–Trinajstić information content (AvgIpc) is 2.94. The van der Waals surface area contributed by atoms with Crippen molar-refractivity contribution in [1.29, 1.82) is 0 Å². The van der Waals surface area contributed by atoms with Crippen molar-refractivity contribution in [3.05, 3.63) is 35.4 Å². The minimum Gasteiger partial charge on any atom is -0.351 e. The molecule has 2 rings (SSSR count). The van der Waals surface area contributed by atoms with E-state index in [0.29, 0.717) is 19.5 Å². The molecule has 1 unspecified atom stereocenters. The largest absolute Gasteiger partial charge is 0.351 e. The van der Waals surface area contributed by atoms with Gasteiger partial charge < -0.3 is 10.2 Å². The SMILES string of the molecule is CCN(C(=O)C(C)(C)C(=O)NCc1ccc(C)cc1)C1CCS(=O)(=O)C1. The van der Waals surface area contributed by atoms with Crippen LogP contribution in [-0.4, -0.2) is 49.2 Å². The fourth-order valence-corrected chi connectivity index (χ4v) is 4.88.